The molecule has 0 fully saturated rings. The molecule has 1 N–H and O–H groups in total. The third-order valence-electron chi connectivity index (χ3n) is 3.59. The highest BCUT2D eigenvalue weighted by molar-refractivity contribution is 6.36. The van der Waals surface area contributed by atoms with Crippen LogP contribution in [-0.2, 0) is 13.2 Å². The van der Waals surface area contributed by atoms with Crippen molar-refractivity contribution in [3.8, 4) is 5.75 Å². The zero-order valence-electron chi connectivity index (χ0n) is 13.0. The highest BCUT2D eigenvalue weighted by Gasteiger charge is 2.02. The van der Waals surface area contributed by atoms with Gasteiger partial charge in [-0.25, -0.2) is 0 Å². The molecule has 0 heterocycles. The second-order valence-corrected chi connectivity index (χ2v) is 6.24. The minimum Gasteiger partial charge on any atom is -0.489 e. The summed E-state index contributed by atoms with van der Waals surface area (Å²) in [6.45, 7) is 1.25. The molecule has 24 heavy (non-hydrogen) atoms. The number of hydrogen-bond acceptors (Lipinski definition) is 2. The molecule has 3 rings (SSSR count). The molecule has 0 saturated carbocycles. The van der Waals surface area contributed by atoms with Gasteiger partial charge in [-0.15, -0.1) is 0 Å². The molecule has 3 aromatic carbocycles. The van der Waals surface area contributed by atoms with Crippen molar-refractivity contribution in [2.75, 3.05) is 5.32 Å². The van der Waals surface area contributed by atoms with Crippen LogP contribution in [0.5, 0.6) is 5.75 Å². The van der Waals surface area contributed by atoms with Gasteiger partial charge in [0, 0.05) is 11.6 Å². The number of nitrogens with one attached hydrogen (secondary N) is 1. The predicted molar refractivity (Wildman–Crippen MR) is 101 cm³/mol. The third-order valence-corrected chi connectivity index (χ3v) is 4.13. The molecule has 0 aliphatic rings. The van der Waals surface area contributed by atoms with Crippen molar-refractivity contribution in [1.82, 2.24) is 0 Å². The van der Waals surface area contributed by atoms with Crippen LogP contribution in [0.25, 0.3) is 0 Å². The van der Waals surface area contributed by atoms with Gasteiger partial charge in [0.15, 0.2) is 0 Å². The van der Waals surface area contributed by atoms with Gasteiger partial charge in [0.2, 0.25) is 0 Å². The summed E-state index contributed by atoms with van der Waals surface area (Å²) in [5.74, 6) is 0.854. The summed E-state index contributed by atoms with van der Waals surface area (Å²) < 4.78 is 5.79. The van der Waals surface area contributed by atoms with Crippen LogP contribution < -0.4 is 10.1 Å². The number of ether oxygens (including phenoxy) is 1. The van der Waals surface area contributed by atoms with Gasteiger partial charge in [0.1, 0.15) is 12.4 Å². The zero-order valence-corrected chi connectivity index (χ0v) is 14.5. The average Bonchev–Trinajstić information content (AvgIpc) is 2.61. The van der Waals surface area contributed by atoms with Gasteiger partial charge in [-0.3, -0.25) is 0 Å². The normalized spacial score (nSPS) is 10.4. The SMILES string of the molecule is Clc1ccc(NCc2ccc(OCc3ccccc3)cc2)c(Cl)c1. The Hall–Kier alpha value is -2.16. The molecule has 0 aliphatic carbocycles. The van der Waals surface area contributed by atoms with Crippen LogP contribution in [0.4, 0.5) is 5.69 Å². The van der Waals surface area contributed by atoms with Gasteiger partial charge >= 0.3 is 0 Å². The van der Waals surface area contributed by atoms with E-state index in [1.807, 2.05) is 66.7 Å². The van der Waals surface area contributed by atoms with E-state index < -0.39 is 0 Å². The van der Waals surface area contributed by atoms with Crippen LogP contribution in [-0.4, -0.2) is 0 Å². The molecule has 0 spiro atoms. The van der Waals surface area contributed by atoms with E-state index in [-0.39, 0.29) is 0 Å². The van der Waals surface area contributed by atoms with Gasteiger partial charge in [-0.05, 0) is 41.5 Å². The number of anilines is 1. The molecule has 0 amide bonds. The Morgan fingerprint density at radius 3 is 2.25 bits per heavy atom. The first-order chi connectivity index (χ1) is 11.7. The van der Waals surface area contributed by atoms with Crippen LogP contribution >= 0.6 is 23.2 Å². The van der Waals surface area contributed by atoms with Gasteiger partial charge in [-0.2, -0.15) is 0 Å². The standard InChI is InChI=1S/C20H17Cl2NO/c21-17-8-11-20(19(22)12-17)23-13-15-6-9-18(10-7-15)24-14-16-4-2-1-3-5-16/h1-12,23H,13-14H2. The Kier molecular flexibility index (Phi) is 5.63. The van der Waals surface area contributed by atoms with Gasteiger partial charge in [0.25, 0.3) is 0 Å². The summed E-state index contributed by atoms with van der Waals surface area (Å²) >= 11 is 12.1. The molecule has 0 saturated heterocycles. The topological polar surface area (TPSA) is 21.3 Å². The molecule has 2 nitrogen and oxygen atoms in total. The van der Waals surface area contributed by atoms with Crippen molar-refractivity contribution >= 4 is 28.9 Å². The Morgan fingerprint density at radius 2 is 1.54 bits per heavy atom. The van der Waals surface area contributed by atoms with E-state index in [1.54, 1.807) is 6.07 Å². The van der Waals surface area contributed by atoms with Crippen LogP contribution in [0.15, 0.2) is 72.8 Å². The van der Waals surface area contributed by atoms with E-state index in [9.17, 15) is 0 Å². The summed E-state index contributed by atoms with van der Waals surface area (Å²) in [5.41, 5.74) is 3.17. The van der Waals surface area contributed by atoms with Crippen molar-refractivity contribution in [2.45, 2.75) is 13.2 Å². The smallest absolute Gasteiger partial charge is 0.119 e. The Balaban J connectivity index is 1.54. The number of rotatable bonds is 6. The second kappa shape index (κ2) is 8.09. The molecule has 3 aromatic rings. The lowest BCUT2D eigenvalue weighted by Gasteiger charge is -2.10. The Bertz CT molecular complexity index is 788. The van der Waals surface area contributed by atoms with E-state index in [4.69, 9.17) is 27.9 Å². The zero-order chi connectivity index (χ0) is 16.8. The largest absolute Gasteiger partial charge is 0.489 e. The minimum atomic E-state index is 0.568. The summed E-state index contributed by atoms with van der Waals surface area (Å²) in [6, 6.07) is 23.6. The fourth-order valence-electron chi connectivity index (χ4n) is 2.27. The van der Waals surface area contributed by atoms with E-state index >= 15 is 0 Å². The third kappa shape index (κ3) is 4.67. The molecule has 0 aliphatic heterocycles. The fourth-order valence-corrected chi connectivity index (χ4v) is 2.75. The van der Waals surface area contributed by atoms with Crippen LogP contribution in [0.2, 0.25) is 10.0 Å². The predicted octanol–water partition coefficient (Wildman–Crippen LogP) is 6.18. The van der Waals surface area contributed by atoms with Crippen molar-refractivity contribution in [3.63, 3.8) is 0 Å². The van der Waals surface area contributed by atoms with Crippen molar-refractivity contribution in [1.29, 1.82) is 0 Å². The highest BCUT2D eigenvalue weighted by Crippen LogP contribution is 2.26. The maximum atomic E-state index is 6.15. The highest BCUT2D eigenvalue weighted by atomic mass is 35.5. The molecular weight excluding hydrogens is 341 g/mol. The molecule has 122 valence electrons. The first-order valence-electron chi connectivity index (χ1n) is 7.65. The van der Waals surface area contributed by atoms with E-state index in [1.165, 1.54) is 0 Å². The molecule has 4 heteroatoms. The molecule has 0 bridgehead atoms. The number of hydrogen-bond donors (Lipinski definition) is 1. The number of benzene rings is 3. The molecule has 0 radical (unpaired) electrons. The van der Waals surface area contributed by atoms with Crippen LogP contribution in [0.1, 0.15) is 11.1 Å². The van der Waals surface area contributed by atoms with Crippen molar-refractivity contribution in [2.24, 2.45) is 0 Å². The number of halogens is 2. The molecule has 0 unspecified atom stereocenters. The average molecular weight is 358 g/mol. The molecule has 0 atom stereocenters. The van der Waals surface area contributed by atoms with Crippen molar-refractivity contribution in [3.05, 3.63) is 94.0 Å². The van der Waals surface area contributed by atoms with E-state index in [0.717, 1.165) is 22.6 Å². The van der Waals surface area contributed by atoms with E-state index in [0.29, 0.717) is 23.2 Å². The second-order valence-electron chi connectivity index (χ2n) is 5.40. The lowest BCUT2D eigenvalue weighted by molar-refractivity contribution is 0.306. The molecular formula is C20H17Cl2NO. The Morgan fingerprint density at radius 1 is 0.792 bits per heavy atom. The van der Waals surface area contributed by atoms with Crippen molar-refractivity contribution < 1.29 is 4.74 Å². The van der Waals surface area contributed by atoms with Crippen LogP contribution in [0, 0.1) is 0 Å². The maximum absolute atomic E-state index is 6.15. The lowest BCUT2D eigenvalue weighted by Crippen LogP contribution is -2.00. The Labute approximate surface area is 152 Å². The fraction of sp³-hybridized carbons (Fsp3) is 0.100. The maximum Gasteiger partial charge on any atom is 0.119 e. The van der Waals surface area contributed by atoms with Crippen LogP contribution in [0.3, 0.4) is 0 Å². The summed E-state index contributed by atoms with van der Waals surface area (Å²) in [5, 5.41) is 4.55. The molecule has 0 aromatic heterocycles. The summed E-state index contributed by atoms with van der Waals surface area (Å²) in [4.78, 5) is 0. The van der Waals surface area contributed by atoms with Gasteiger partial charge in [-0.1, -0.05) is 65.7 Å². The first-order valence-corrected chi connectivity index (χ1v) is 8.41. The first kappa shape index (κ1) is 16.7. The minimum absolute atomic E-state index is 0.568. The van der Waals surface area contributed by atoms with Gasteiger partial charge < -0.3 is 10.1 Å². The summed E-state index contributed by atoms with van der Waals surface area (Å²) in [7, 11) is 0. The van der Waals surface area contributed by atoms with E-state index in [2.05, 4.69) is 5.32 Å². The van der Waals surface area contributed by atoms with Gasteiger partial charge in [0.05, 0.1) is 10.7 Å². The summed E-state index contributed by atoms with van der Waals surface area (Å²) in [6.07, 6.45) is 0. The monoisotopic (exact) mass is 357 g/mol. The quantitative estimate of drug-likeness (QED) is 0.568. The lowest BCUT2D eigenvalue weighted by atomic mass is 10.2.